The van der Waals surface area contributed by atoms with Crippen LogP contribution in [0.3, 0.4) is 0 Å². The van der Waals surface area contributed by atoms with Crippen LogP contribution in [0.1, 0.15) is 36.7 Å². The lowest BCUT2D eigenvalue weighted by molar-refractivity contribution is 0.454. The van der Waals surface area contributed by atoms with Gasteiger partial charge < -0.3 is 4.57 Å². The van der Waals surface area contributed by atoms with Crippen molar-refractivity contribution in [3.05, 3.63) is 29.6 Å². The number of nitriles is 1. The van der Waals surface area contributed by atoms with Crippen LogP contribution in [-0.4, -0.2) is 9.55 Å². The second-order valence-electron chi connectivity index (χ2n) is 6.80. The molecule has 0 N–H and O–H groups in total. The number of rotatable bonds is 2. The Morgan fingerprint density at radius 3 is 2.71 bits per heavy atom. The van der Waals surface area contributed by atoms with Crippen molar-refractivity contribution in [3.8, 4) is 6.07 Å². The smallest absolute Gasteiger partial charge is 0.125 e. The molecule has 3 fully saturated rings. The first-order chi connectivity index (χ1) is 10.3. The number of para-hydroxylation sites is 1. The van der Waals surface area contributed by atoms with Crippen molar-refractivity contribution >= 4 is 22.6 Å². The summed E-state index contributed by atoms with van der Waals surface area (Å²) in [6.45, 7) is 0. The monoisotopic (exact) mass is 297 g/mol. The number of imidazole rings is 1. The van der Waals surface area contributed by atoms with E-state index in [2.05, 4.69) is 21.7 Å². The fourth-order valence-corrected chi connectivity index (χ4v) is 5.49. The van der Waals surface area contributed by atoms with Crippen molar-refractivity contribution in [1.82, 2.24) is 9.55 Å². The van der Waals surface area contributed by atoms with Gasteiger partial charge in [-0.05, 0) is 55.1 Å². The van der Waals surface area contributed by atoms with Crippen LogP contribution in [0.2, 0.25) is 0 Å². The van der Waals surface area contributed by atoms with Gasteiger partial charge in [-0.2, -0.15) is 5.26 Å². The van der Waals surface area contributed by atoms with Crippen LogP contribution in [0.4, 0.5) is 0 Å². The molecular formula is C17H16ClN3. The molecule has 4 unspecified atom stereocenters. The van der Waals surface area contributed by atoms with Gasteiger partial charge in [0.2, 0.25) is 0 Å². The SMILES string of the molecule is N#Cc1cccc2c1nc(CCl)n2C1C2C3CCC(C3)C21. The predicted octanol–water partition coefficient (Wildman–Crippen LogP) is 3.86. The first kappa shape index (κ1) is 12.1. The molecule has 3 aliphatic rings. The topological polar surface area (TPSA) is 41.6 Å². The maximum absolute atomic E-state index is 9.29. The summed E-state index contributed by atoms with van der Waals surface area (Å²) in [7, 11) is 0. The molecule has 106 valence electrons. The molecule has 0 amide bonds. The van der Waals surface area contributed by atoms with Crippen molar-refractivity contribution in [2.75, 3.05) is 0 Å². The molecule has 3 aliphatic carbocycles. The van der Waals surface area contributed by atoms with E-state index in [1.54, 1.807) is 0 Å². The van der Waals surface area contributed by atoms with Gasteiger partial charge in [-0.3, -0.25) is 0 Å². The molecule has 1 heterocycles. The molecule has 4 heteroatoms. The molecule has 0 radical (unpaired) electrons. The van der Waals surface area contributed by atoms with Crippen LogP contribution in [0.5, 0.6) is 0 Å². The lowest BCUT2D eigenvalue weighted by Crippen LogP contribution is -2.07. The minimum atomic E-state index is 0.421. The van der Waals surface area contributed by atoms with Crippen LogP contribution >= 0.6 is 11.6 Å². The standard InChI is InChI=1S/C17H16ClN3/c18-7-13-20-16-11(8-19)2-1-3-12(16)21(13)17-14-9-4-5-10(6-9)15(14)17/h1-3,9-10,14-15,17H,4-7H2. The summed E-state index contributed by atoms with van der Waals surface area (Å²) in [6.07, 6.45) is 4.27. The summed E-state index contributed by atoms with van der Waals surface area (Å²) in [5.74, 6) is 4.88. The molecule has 1 aromatic heterocycles. The fourth-order valence-electron chi connectivity index (χ4n) is 5.31. The van der Waals surface area contributed by atoms with E-state index in [1.807, 2.05) is 12.1 Å². The lowest BCUT2D eigenvalue weighted by atomic mass is 10.0. The number of aromatic nitrogens is 2. The number of halogens is 1. The van der Waals surface area contributed by atoms with Crippen LogP contribution in [0.25, 0.3) is 11.0 Å². The van der Waals surface area contributed by atoms with Crippen molar-refractivity contribution in [3.63, 3.8) is 0 Å². The Morgan fingerprint density at radius 2 is 2.05 bits per heavy atom. The summed E-state index contributed by atoms with van der Waals surface area (Å²) in [6, 6.07) is 8.74. The molecular weight excluding hydrogens is 282 g/mol. The quantitative estimate of drug-likeness (QED) is 0.790. The maximum Gasteiger partial charge on any atom is 0.125 e. The van der Waals surface area contributed by atoms with Gasteiger partial charge in [0.05, 0.1) is 17.0 Å². The van der Waals surface area contributed by atoms with Gasteiger partial charge >= 0.3 is 0 Å². The van der Waals surface area contributed by atoms with Gasteiger partial charge in [0.15, 0.2) is 0 Å². The molecule has 3 nitrogen and oxygen atoms in total. The summed E-state index contributed by atoms with van der Waals surface area (Å²) < 4.78 is 2.36. The maximum atomic E-state index is 9.29. The van der Waals surface area contributed by atoms with Gasteiger partial charge in [0.1, 0.15) is 17.4 Å². The van der Waals surface area contributed by atoms with Gasteiger partial charge in [-0.15, -0.1) is 11.6 Å². The Bertz CT molecular complexity index is 771. The molecule has 3 saturated carbocycles. The Labute approximate surface area is 128 Å². The lowest BCUT2D eigenvalue weighted by Gasteiger charge is -2.13. The van der Waals surface area contributed by atoms with E-state index >= 15 is 0 Å². The average Bonchev–Trinajstić information content (AvgIpc) is 2.89. The van der Waals surface area contributed by atoms with Crippen molar-refractivity contribution in [2.24, 2.45) is 23.7 Å². The Kier molecular flexibility index (Phi) is 2.31. The molecule has 0 spiro atoms. The molecule has 2 aromatic rings. The predicted molar refractivity (Wildman–Crippen MR) is 80.9 cm³/mol. The van der Waals surface area contributed by atoms with Crippen LogP contribution in [0.15, 0.2) is 18.2 Å². The largest absolute Gasteiger partial charge is 0.323 e. The molecule has 0 saturated heterocycles. The van der Waals surface area contributed by atoms with E-state index in [-0.39, 0.29) is 0 Å². The second-order valence-corrected chi connectivity index (χ2v) is 7.06. The Morgan fingerprint density at radius 1 is 1.29 bits per heavy atom. The highest BCUT2D eigenvalue weighted by Crippen LogP contribution is 2.72. The van der Waals surface area contributed by atoms with E-state index < -0.39 is 0 Å². The first-order valence-electron chi connectivity index (χ1n) is 7.79. The van der Waals surface area contributed by atoms with E-state index in [4.69, 9.17) is 11.6 Å². The van der Waals surface area contributed by atoms with E-state index in [0.717, 1.165) is 40.5 Å². The van der Waals surface area contributed by atoms with E-state index in [9.17, 15) is 5.26 Å². The zero-order valence-electron chi connectivity index (χ0n) is 11.7. The zero-order valence-corrected chi connectivity index (χ0v) is 12.4. The number of nitrogens with zero attached hydrogens (tertiary/aromatic N) is 3. The number of benzene rings is 1. The highest BCUT2D eigenvalue weighted by molar-refractivity contribution is 6.16. The Hall–Kier alpha value is -1.53. The van der Waals surface area contributed by atoms with Crippen LogP contribution < -0.4 is 0 Å². The highest BCUT2D eigenvalue weighted by Gasteiger charge is 2.66. The van der Waals surface area contributed by atoms with E-state index in [0.29, 0.717) is 17.5 Å². The van der Waals surface area contributed by atoms with Gasteiger partial charge in [-0.1, -0.05) is 6.07 Å². The third-order valence-electron chi connectivity index (χ3n) is 6.03. The van der Waals surface area contributed by atoms with Crippen molar-refractivity contribution in [1.29, 1.82) is 5.26 Å². The molecule has 21 heavy (non-hydrogen) atoms. The average molecular weight is 298 g/mol. The van der Waals surface area contributed by atoms with Crippen LogP contribution in [-0.2, 0) is 5.88 Å². The normalized spacial score (nSPS) is 35.9. The minimum absolute atomic E-state index is 0.421. The number of fused-ring (bicyclic) bond motifs is 6. The van der Waals surface area contributed by atoms with E-state index in [1.165, 1.54) is 19.3 Å². The van der Waals surface area contributed by atoms with Gasteiger partial charge in [0.25, 0.3) is 0 Å². The highest BCUT2D eigenvalue weighted by atomic mass is 35.5. The third kappa shape index (κ3) is 1.42. The number of hydrogen-bond acceptors (Lipinski definition) is 2. The second kappa shape index (κ2) is 4.01. The van der Waals surface area contributed by atoms with Gasteiger partial charge in [-0.25, -0.2) is 4.98 Å². The van der Waals surface area contributed by atoms with Crippen molar-refractivity contribution in [2.45, 2.75) is 31.2 Å². The first-order valence-corrected chi connectivity index (χ1v) is 8.33. The fraction of sp³-hybridized carbons (Fsp3) is 0.529. The molecule has 1 aromatic carbocycles. The summed E-state index contributed by atoms with van der Waals surface area (Å²) >= 11 is 6.15. The summed E-state index contributed by atoms with van der Waals surface area (Å²) in [4.78, 5) is 4.67. The van der Waals surface area contributed by atoms with Gasteiger partial charge in [0, 0.05) is 6.04 Å². The van der Waals surface area contributed by atoms with Crippen LogP contribution in [0, 0.1) is 35.0 Å². The van der Waals surface area contributed by atoms with Crippen molar-refractivity contribution < 1.29 is 0 Å². The molecule has 0 aliphatic heterocycles. The number of hydrogen-bond donors (Lipinski definition) is 0. The zero-order chi connectivity index (χ0) is 14.1. The third-order valence-corrected chi connectivity index (χ3v) is 6.27. The minimum Gasteiger partial charge on any atom is -0.323 e. The Balaban J connectivity index is 1.69. The number of alkyl halides is 1. The molecule has 2 bridgehead atoms. The molecule has 4 atom stereocenters. The molecule has 5 rings (SSSR count). The summed E-state index contributed by atoms with van der Waals surface area (Å²) in [5, 5.41) is 9.29. The summed E-state index contributed by atoms with van der Waals surface area (Å²) in [5.41, 5.74) is 2.59.